The summed E-state index contributed by atoms with van der Waals surface area (Å²) in [6, 6.07) is 8.08. The van der Waals surface area contributed by atoms with Gasteiger partial charge in [0.1, 0.15) is 23.3 Å². The molecule has 0 atom stereocenters. The molecule has 3 aromatic rings. The molecule has 0 unspecified atom stereocenters. The van der Waals surface area contributed by atoms with Crippen molar-refractivity contribution in [2.45, 2.75) is 13.8 Å². The van der Waals surface area contributed by atoms with Crippen LogP contribution in [0.1, 0.15) is 11.4 Å². The number of nitrogens with zero attached hydrogens (tertiary/aromatic N) is 2. The highest BCUT2D eigenvalue weighted by Crippen LogP contribution is 2.35. The second-order valence-electron chi connectivity index (χ2n) is 5.22. The minimum absolute atomic E-state index is 0.0478. The van der Waals surface area contributed by atoms with Gasteiger partial charge in [-0.3, -0.25) is 4.57 Å². The van der Waals surface area contributed by atoms with E-state index in [0.717, 1.165) is 0 Å². The molecule has 23 heavy (non-hydrogen) atoms. The Labute approximate surface area is 136 Å². The predicted octanol–water partition coefficient (Wildman–Crippen LogP) is 5.23. The molecule has 0 fully saturated rings. The van der Waals surface area contributed by atoms with Gasteiger partial charge in [0.15, 0.2) is 5.15 Å². The van der Waals surface area contributed by atoms with E-state index in [9.17, 15) is 13.2 Å². The molecule has 1 heterocycles. The first-order valence-corrected chi connectivity index (χ1v) is 7.23. The number of rotatable bonds is 2. The summed E-state index contributed by atoms with van der Waals surface area (Å²) in [5, 5.41) is -0.0478. The predicted molar refractivity (Wildman–Crippen MR) is 83.4 cm³/mol. The van der Waals surface area contributed by atoms with E-state index in [2.05, 4.69) is 4.98 Å². The van der Waals surface area contributed by atoms with Crippen LogP contribution in [0.3, 0.4) is 0 Å². The third-order valence-electron chi connectivity index (χ3n) is 3.49. The largest absolute Gasteiger partial charge is 0.295 e. The maximum atomic E-state index is 14.3. The summed E-state index contributed by atoms with van der Waals surface area (Å²) in [6.07, 6.45) is 0. The Morgan fingerprint density at radius 1 is 1.00 bits per heavy atom. The van der Waals surface area contributed by atoms with Crippen molar-refractivity contribution >= 4 is 11.6 Å². The van der Waals surface area contributed by atoms with E-state index in [4.69, 9.17) is 11.6 Å². The monoisotopic (exact) mass is 336 g/mol. The van der Waals surface area contributed by atoms with Crippen molar-refractivity contribution in [3.05, 3.63) is 70.4 Å². The SMILES string of the molecule is Cc1cc(F)c(-c2c(Cl)nc(C)n2-c2cccc(F)c2)c(F)c1. The summed E-state index contributed by atoms with van der Waals surface area (Å²) < 4.78 is 43.6. The Morgan fingerprint density at radius 3 is 2.26 bits per heavy atom. The quantitative estimate of drug-likeness (QED) is 0.627. The standard InChI is InChI=1S/C17H12ClF3N2/c1-9-6-13(20)15(14(21)7-9)16-17(18)22-10(2)23(16)12-5-3-4-11(19)8-12/h3-8H,1-2H3. The number of aromatic nitrogens is 2. The van der Waals surface area contributed by atoms with Gasteiger partial charge in [0.05, 0.1) is 16.9 Å². The van der Waals surface area contributed by atoms with E-state index in [0.29, 0.717) is 17.1 Å². The highest BCUT2D eigenvalue weighted by molar-refractivity contribution is 6.32. The normalized spacial score (nSPS) is 11.0. The van der Waals surface area contributed by atoms with Crippen molar-refractivity contribution < 1.29 is 13.2 Å². The van der Waals surface area contributed by atoms with Crippen molar-refractivity contribution in [2.24, 2.45) is 0 Å². The van der Waals surface area contributed by atoms with Gasteiger partial charge in [0.2, 0.25) is 0 Å². The summed E-state index contributed by atoms with van der Waals surface area (Å²) in [4.78, 5) is 4.07. The smallest absolute Gasteiger partial charge is 0.155 e. The number of hydrogen-bond donors (Lipinski definition) is 0. The van der Waals surface area contributed by atoms with E-state index in [-0.39, 0.29) is 16.4 Å². The zero-order valence-electron chi connectivity index (χ0n) is 12.4. The average Bonchev–Trinajstić information content (AvgIpc) is 2.72. The third kappa shape index (κ3) is 2.72. The summed E-state index contributed by atoms with van der Waals surface area (Å²) in [5.41, 5.74) is 0.611. The van der Waals surface area contributed by atoms with Crippen LogP contribution in [-0.2, 0) is 0 Å². The number of aryl methyl sites for hydroxylation is 2. The maximum absolute atomic E-state index is 14.3. The van der Waals surface area contributed by atoms with Crippen molar-refractivity contribution in [2.75, 3.05) is 0 Å². The Bertz CT molecular complexity index is 880. The highest BCUT2D eigenvalue weighted by Gasteiger charge is 2.23. The molecule has 0 saturated carbocycles. The molecular weight excluding hydrogens is 325 g/mol. The molecule has 0 aliphatic heterocycles. The molecule has 1 aromatic heterocycles. The molecule has 2 aromatic carbocycles. The third-order valence-corrected chi connectivity index (χ3v) is 3.76. The van der Waals surface area contributed by atoms with Gasteiger partial charge in [-0.05, 0) is 49.7 Å². The van der Waals surface area contributed by atoms with Crippen LogP contribution < -0.4 is 0 Å². The number of imidazole rings is 1. The van der Waals surface area contributed by atoms with Crippen molar-refractivity contribution in [1.82, 2.24) is 9.55 Å². The first kappa shape index (κ1) is 15.6. The Morgan fingerprint density at radius 2 is 1.65 bits per heavy atom. The zero-order chi connectivity index (χ0) is 16.7. The van der Waals surface area contributed by atoms with E-state index in [1.54, 1.807) is 19.9 Å². The van der Waals surface area contributed by atoms with Gasteiger partial charge in [-0.25, -0.2) is 18.2 Å². The molecule has 0 radical (unpaired) electrons. The Balaban J connectivity index is 2.34. The summed E-state index contributed by atoms with van der Waals surface area (Å²) >= 11 is 6.10. The van der Waals surface area contributed by atoms with Crippen molar-refractivity contribution in [3.63, 3.8) is 0 Å². The zero-order valence-corrected chi connectivity index (χ0v) is 13.1. The highest BCUT2D eigenvalue weighted by atomic mass is 35.5. The molecule has 6 heteroatoms. The molecule has 0 spiro atoms. The molecule has 0 amide bonds. The topological polar surface area (TPSA) is 17.8 Å². The van der Waals surface area contributed by atoms with Gasteiger partial charge >= 0.3 is 0 Å². The fraction of sp³-hybridized carbons (Fsp3) is 0.118. The molecular formula is C17H12ClF3N2. The summed E-state index contributed by atoms with van der Waals surface area (Å²) in [5.74, 6) is -1.57. The minimum atomic E-state index is -0.748. The van der Waals surface area contributed by atoms with Gasteiger partial charge in [0.25, 0.3) is 0 Å². The Kier molecular flexibility index (Phi) is 3.90. The number of benzene rings is 2. The molecule has 0 bridgehead atoms. The van der Waals surface area contributed by atoms with Crippen LogP contribution in [0.25, 0.3) is 16.9 Å². The molecule has 3 rings (SSSR count). The lowest BCUT2D eigenvalue weighted by Gasteiger charge is -2.13. The van der Waals surface area contributed by atoms with Gasteiger partial charge in [0, 0.05) is 0 Å². The number of hydrogen-bond acceptors (Lipinski definition) is 1. The molecule has 0 aliphatic rings. The van der Waals surface area contributed by atoms with Crippen LogP contribution >= 0.6 is 11.6 Å². The Hall–Kier alpha value is -2.27. The molecule has 0 aliphatic carbocycles. The van der Waals surface area contributed by atoms with Crippen molar-refractivity contribution in [1.29, 1.82) is 0 Å². The van der Waals surface area contributed by atoms with E-state index < -0.39 is 17.5 Å². The van der Waals surface area contributed by atoms with Crippen LogP contribution in [0.5, 0.6) is 0 Å². The van der Waals surface area contributed by atoms with Gasteiger partial charge < -0.3 is 0 Å². The second kappa shape index (κ2) is 5.74. The summed E-state index contributed by atoms with van der Waals surface area (Å²) in [6.45, 7) is 3.22. The first-order valence-electron chi connectivity index (χ1n) is 6.85. The fourth-order valence-corrected chi connectivity index (χ4v) is 2.87. The lowest BCUT2D eigenvalue weighted by molar-refractivity contribution is 0.586. The lowest BCUT2D eigenvalue weighted by Crippen LogP contribution is -2.03. The molecule has 0 N–H and O–H groups in total. The van der Waals surface area contributed by atoms with Gasteiger partial charge in [-0.1, -0.05) is 17.7 Å². The van der Waals surface area contributed by atoms with Crippen LogP contribution in [0.15, 0.2) is 36.4 Å². The number of halogens is 4. The van der Waals surface area contributed by atoms with Crippen molar-refractivity contribution in [3.8, 4) is 16.9 Å². The molecule has 0 saturated heterocycles. The lowest BCUT2D eigenvalue weighted by atomic mass is 10.1. The van der Waals surface area contributed by atoms with Gasteiger partial charge in [-0.15, -0.1) is 0 Å². The minimum Gasteiger partial charge on any atom is -0.295 e. The van der Waals surface area contributed by atoms with Gasteiger partial charge in [-0.2, -0.15) is 0 Å². The average molecular weight is 337 g/mol. The molecule has 118 valence electrons. The van der Waals surface area contributed by atoms with E-state index >= 15 is 0 Å². The maximum Gasteiger partial charge on any atom is 0.155 e. The van der Waals surface area contributed by atoms with Crippen LogP contribution in [-0.4, -0.2) is 9.55 Å². The second-order valence-corrected chi connectivity index (χ2v) is 5.58. The fourth-order valence-electron chi connectivity index (χ4n) is 2.57. The van der Waals surface area contributed by atoms with E-state index in [1.807, 2.05) is 0 Å². The van der Waals surface area contributed by atoms with Crippen LogP contribution in [0.2, 0.25) is 5.15 Å². The van der Waals surface area contributed by atoms with Crippen LogP contribution in [0, 0.1) is 31.3 Å². The first-order chi connectivity index (χ1) is 10.9. The van der Waals surface area contributed by atoms with E-state index in [1.165, 1.54) is 34.9 Å². The molecule has 2 nitrogen and oxygen atoms in total. The van der Waals surface area contributed by atoms with Crippen LogP contribution in [0.4, 0.5) is 13.2 Å². The summed E-state index contributed by atoms with van der Waals surface area (Å²) in [7, 11) is 0.